The molecule has 0 fully saturated rings. The van der Waals surface area contributed by atoms with Crippen LogP contribution < -0.4 is 5.32 Å². The van der Waals surface area contributed by atoms with Crippen LogP contribution >= 0.6 is 11.9 Å². The second kappa shape index (κ2) is 7.47. The number of halogens is 1. The second-order valence-electron chi connectivity index (χ2n) is 3.55. The molecule has 0 radical (unpaired) electrons. The van der Waals surface area contributed by atoms with Gasteiger partial charge in [-0.2, -0.15) is 0 Å². The Hall–Kier alpha value is -1.96. The normalized spacial score (nSPS) is 12.3. The SMILES string of the molecule is CC(=O)N[C@H](CSN=Nc1ccc(F)cc1)C(=O)O. The number of rotatable bonds is 6. The van der Waals surface area contributed by atoms with Crippen LogP contribution in [0.1, 0.15) is 6.92 Å². The average molecular weight is 285 g/mol. The lowest BCUT2D eigenvalue weighted by molar-refractivity contribution is -0.140. The molecule has 0 heterocycles. The molecule has 102 valence electrons. The lowest BCUT2D eigenvalue weighted by Gasteiger charge is -2.10. The summed E-state index contributed by atoms with van der Waals surface area (Å²) in [7, 11) is 0. The third kappa shape index (κ3) is 5.96. The Morgan fingerprint density at radius 1 is 1.42 bits per heavy atom. The topological polar surface area (TPSA) is 91.1 Å². The quantitative estimate of drug-likeness (QED) is 0.619. The van der Waals surface area contributed by atoms with Gasteiger partial charge < -0.3 is 10.4 Å². The largest absolute Gasteiger partial charge is 0.480 e. The van der Waals surface area contributed by atoms with Crippen LogP contribution in [0.5, 0.6) is 0 Å². The Labute approximate surface area is 113 Å². The first-order chi connectivity index (χ1) is 8.99. The molecular weight excluding hydrogens is 273 g/mol. The zero-order valence-corrected chi connectivity index (χ0v) is 10.9. The van der Waals surface area contributed by atoms with E-state index in [2.05, 4.69) is 15.0 Å². The van der Waals surface area contributed by atoms with Crippen molar-refractivity contribution in [3.8, 4) is 0 Å². The van der Waals surface area contributed by atoms with E-state index in [1.807, 2.05) is 0 Å². The summed E-state index contributed by atoms with van der Waals surface area (Å²) >= 11 is 0.900. The van der Waals surface area contributed by atoms with Crippen LogP contribution in [0.15, 0.2) is 33.9 Å². The molecule has 0 aliphatic rings. The summed E-state index contributed by atoms with van der Waals surface area (Å²) in [4.78, 5) is 21.6. The number of carboxylic acids is 1. The third-order valence-corrected chi connectivity index (χ3v) is 2.64. The lowest BCUT2D eigenvalue weighted by Crippen LogP contribution is -2.41. The van der Waals surface area contributed by atoms with E-state index < -0.39 is 17.9 Å². The molecule has 2 N–H and O–H groups in total. The van der Waals surface area contributed by atoms with Gasteiger partial charge in [0.2, 0.25) is 5.91 Å². The summed E-state index contributed by atoms with van der Waals surface area (Å²) in [6.07, 6.45) is 0. The highest BCUT2D eigenvalue weighted by atomic mass is 32.2. The summed E-state index contributed by atoms with van der Waals surface area (Å²) < 4.78 is 16.3. The van der Waals surface area contributed by atoms with Crippen molar-refractivity contribution in [1.82, 2.24) is 5.32 Å². The second-order valence-corrected chi connectivity index (χ2v) is 4.30. The number of benzene rings is 1. The summed E-state index contributed by atoms with van der Waals surface area (Å²) in [5, 5.41) is 14.9. The van der Waals surface area contributed by atoms with E-state index in [1.165, 1.54) is 31.2 Å². The van der Waals surface area contributed by atoms with E-state index >= 15 is 0 Å². The van der Waals surface area contributed by atoms with Crippen molar-refractivity contribution in [2.45, 2.75) is 13.0 Å². The maximum Gasteiger partial charge on any atom is 0.327 e. The minimum atomic E-state index is -1.14. The maximum atomic E-state index is 12.6. The smallest absolute Gasteiger partial charge is 0.327 e. The van der Waals surface area contributed by atoms with Gasteiger partial charge in [0.1, 0.15) is 11.9 Å². The molecule has 0 aliphatic heterocycles. The van der Waals surface area contributed by atoms with Gasteiger partial charge >= 0.3 is 5.97 Å². The standard InChI is InChI=1S/C11H12FN3O3S/c1-7(16)13-10(11(17)18)6-19-15-14-9-4-2-8(12)3-5-9/h2-5,10H,6H2,1H3,(H,13,16)(H,17,18)/t10-/m1/s1. The molecular formula is C11H12FN3O3S. The van der Waals surface area contributed by atoms with Gasteiger partial charge in [0.05, 0.1) is 5.69 Å². The van der Waals surface area contributed by atoms with E-state index in [0.29, 0.717) is 5.69 Å². The van der Waals surface area contributed by atoms with E-state index in [1.54, 1.807) is 0 Å². The minimum absolute atomic E-state index is 0.0552. The van der Waals surface area contributed by atoms with E-state index in [4.69, 9.17) is 5.11 Å². The molecule has 6 nitrogen and oxygen atoms in total. The third-order valence-electron chi connectivity index (χ3n) is 1.96. The zero-order chi connectivity index (χ0) is 14.3. The molecule has 0 aromatic heterocycles. The van der Waals surface area contributed by atoms with Crippen LogP contribution in [0, 0.1) is 5.82 Å². The molecule has 1 aromatic rings. The van der Waals surface area contributed by atoms with Crippen molar-refractivity contribution in [2.24, 2.45) is 9.63 Å². The van der Waals surface area contributed by atoms with Crippen molar-refractivity contribution in [2.75, 3.05) is 5.75 Å². The predicted octanol–water partition coefficient (Wildman–Crippen LogP) is 2.15. The van der Waals surface area contributed by atoms with Gasteiger partial charge in [0, 0.05) is 24.6 Å². The molecule has 0 unspecified atom stereocenters. The number of amides is 1. The van der Waals surface area contributed by atoms with Crippen molar-refractivity contribution in [3.63, 3.8) is 0 Å². The van der Waals surface area contributed by atoms with Crippen LogP contribution in [0.25, 0.3) is 0 Å². The first-order valence-electron chi connectivity index (χ1n) is 5.27. The molecule has 0 saturated carbocycles. The molecule has 1 aromatic carbocycles. The van der Waals surface area contributed by atoms with Crippen LogP contribution in [0.2, 0.25) is 0 Å². The number of nitrogens with one attached hydrogen (secondary N) is 1. The summed E-state index contributed by atoms with van der Waals surface area (Å²) in [6.45, 7) is 1.24. The summed E-state index contributed by atoms with van der Waals surface area (Å²) in [5.74, 6) is -1.88. The lowest BCUT2D eigenvalue weighted by atomic mass is 10.3. The van der Waals surface area contributed by atoms with Crippen molar-refractivity contribution in [3.05, 3.63) is 30.1 Å². The zero-order valence-electron chi connectivity index (χ0n) is 10.0. The van der Waals surface area contributed by atoms with Crippen LogP contribution in [-0.2, 0) is 9.59 Å². The highest BCUT2D eigenvalue weighted by molar-refractivity contribution is 7.97. The van der Waals surface area contributed by atoms with E-state index in [0.717, 1.165) is 11.9 Å². The van der Waals surface area contributed by atoms with Crippen molar-refractivity contribution in [1.29, 1.82) is 0 Å². The Morgan fingerprint density at radius 3 is 2.58 bits per heavy atom. The summed E-state index contributed by atoms with van der Waals surface area (Å²) in [5.41, 5.74) is 0.459. The average Bonchev–Trinajstić information content (AvgIpc) is 2.34. The monoisotopic (exact) mass is 285 g/mol. The van der Waals surface area contributed by atoms with Gasteiger partial charge in [0.15, 0.2) is 0 Å². The highest BCUT2D eigenvalue weighted by Gasteiger charge is 2.18. The predicted molar refractivity (Wildman–Crippen MR) is 68.6 cm³/mol. The van der Waals surface area contributed by atoms with Gasteiger partial charge in [0.25, 0.3) is 0 Å². The maximum absolute atomic E-state index is 12.6. The number of nitrogens with zero attached hydrogens (tertiary/aromatic N) is 2. The van der Waals surface area contributed by atoms with Crippen LogP contribution in [0.4, 0.5) is 10.1 Å². The van der Waals surface area contributed by atoms with E-state index in [-0.39, 0.29) is 11.6 Å². The molecule has 0 aliphatic carbocycles. The molecule has 1 rings (SSSR count). The van der Waals surface area contributed by atoms with Crippen LogP contribution in [0.3, 0.4) is 0 Å². The highest BCUT2D eigenvalue weighted by Crippen LogP contribution is 2.16. The first kappa shape index (κ1) is 15.1. The molecule has 1 amide bonds. The van der Waals surface area contributed by atoms with Crippen LogP contribution in [-0.4, -0.2) is 28.8 Å². The Kier molecular flexibility index (Phi) is 5.94. The van der Waals surface area contributed by atoms with Crippen molar-refractivity contribution >= 4 is 29.5 Å². The summed E-state index contributed by atoms with van der Waals surface area (Å²) in [6, 6.07) is 4.37. The Morgan fingerprint density at radius 2 is 2.05 bits per heavy atom. The number of carboxylic acid groups (broad SMARTS) is 1. The number of hydrogen-bond donors (Lipinski definition) is 2. The first-order valence-corrected chi connectivity index (χ1v) is 6.22. The van der Waals surface area contributed by atoms with Gasteiger partial charge in [-0.3, -0.25) is 4.79 Å². The van der Waals surface area contributed by atoms with E-state index in [9.17, 15) is 14.0 Å². The fourth-order valence-corrected chi connectivity index (χ4v) is 1.71. The molecule has 8 heteroatoms. The molecule has 0 spiro atoms. The van der Waals surface area contributed by atoms with Crippen molar-refractivity contribution < 1.29 is 19.1 Å². The van der Waals surface area contributed by atoms with Gasteiger partial charge in [-0.05, 0) is 24.3 Å². The number of carbonyl (C=O) groups is 2. The molecule has 0 saturated heterocycles. The fraction of sp³-hybridized carbons (Fsp3) is 0.273. The van der Waals surface area contributed by atoms with Gasteiger partial charge in [-0.1, -0.05) is 0 Å². The molecule has 19 heavy (non-hydrogen) atoms. The molecule has 1 atom stereocenters. The number of hydrogen-bond acceptors (Lipinski definition) is 5. The number of aliphatic carboxylic acids is 1. The minimum Gasteiger partial charge on any atom is -0.480 e. The Balaban J connectivity index is 2.45. The Bertz CT molecular complexity index is 479. The fourth-order valence-electron chi connectivity index (χ4n) is 1.11. The number of carbonyl (C=O) groups excluding carboxylic acids is 1. The van der Waals surface area contributed by atoms with Gasteiger partial charge in [-0.25, -0.2) is 9.18 Å². The van der Waals surface area contributed by atoms with Gasteiger partial charge in [-0.15, -0.1) is 9.63 Å². The molecule has 0 bridgehead atoms.